The standard InChI is InChI=1S/C12H16ClNO3/c1-12(11(15)16,14-7-8-17-2)9-3-5-10(13)6-4-9/h3-6,14H,7-8H2,1-2H3,(H,15,16). The molecule has 0 amide bonds. The summed E-state index contributed by atoms with van der Waals surface area (Å²) in [7, 11) is 1.57. The highest BCUT2D eigenvalue weighted by Crippen LogP contribution is 2.22. The minimum absolute atomic E-state index is 0.455. The molecule has 0 saturated carbocycles. The molecule has 1 rings (SSSR count). The van der Waals surface area contributed by atoms with E-state index in [9.17, 15) is 9.90 Å². The van der Waals surface area contributed by atoms with Gasteiger partial charge in [-0.2, -0.15) is 0 Å². The fourth-order valence-corrected chi connectivity index (χ4v) is 1.61. The summed E-state index contributed by atoms with van der Waals surface area (Å²) in [6.07, 6.45) is 0. The maximum Gasteiger partial charge on any atom is 0.328 e. The molecule has 1 aromatic rings. The number of methoxy groups -OCH3 is 1. The largest absolute Gasteiger partial charge is 0.480 e. The van der Waals surface area contributed by atoms with E-state index < -0.39 is 11.5 Å². The number of carboxylic acid groups (broad SMARTS) is 1. The predicted molar refractivity (Wildman–Crippen MR) is 66.3 cm³/mol. The summed E-state index contributed by atoms with van der Waals surface area (Å²) < 4.78 is 4.90. The molecule has 5 heteroatoms. The zero-order chi connectivity index (χ0) is 12.9. The Kier molecular flexibility index (Phi) is 4.93. The molecule has 0 aromatic heterocycles. The fourth-order valence-electron chi connectivity index (χ4n) is 1.49. The Morgan fingerprint density at radius 3 is 2.53 bits per heavy atom. The SMILES string of the molecule is COCCNC(C)(C(=O)O)c1ccc(Cl)cc1. The van der Waals surface area contributed by atoms with Gasteiger partial charge in [0.1, 0.15) is 5.54 Å². The number of nitrogens with one attached hydrogen (secondary N) is 1. The lowest BCUT2D eigenvalue weighted by atomic mass is 9.92. The molecule has 4 nitrogen and oxygen atoms in total. The number of aliphatic carboxylic acids is 1. The van der Waals surface area contributed by atoms with Crippen LogP contribution in [0.1, 0.15) is 12.5 Å². The van der Waals surface area contributed by atoms with Gasteiger partial charge >= 0.3 is 5.97 Å². The third-order valence-corrected chi connectivity index (χ3v) is 2.89. The highest BCUT2D eigenvalue weighted by atomic mass is 35.5. The van der Waals surface area contributed by atoms with E-state index in [4.69, 9.17) is 16.3 Å². The number of ether oxygens (including phenoxy) is 1. The topological polar surface area (TPSA) is 58.6 Å². The van der Waals surface area contributed by atoms with Crippen molar-refractivity contribution in [3.63, 3.8) is 0 Å². The maximum atomic E-state index is 11.4. The molecule has 94 valence electrons. The Bertz CT molecular complexity index is 380. The van der Waals surface area contributed by atoms with Crippen LogP contribution in [0, 0.1) is 0 Å². The van der Waals surface area contributed by atoms with Gasteiger partial charge in [0.05, 0.1) is 6.61 Å². The lowest BCUT2D eigenvalue weighted by Crippen LogP contribution is -2.47. The summed E-state index contributed by atoms with van der Waals surface area (Å²) in [6, 6.07) is 6.76. The molecule has 0 heterocycles. The molecule has 0 aliphatic heterocycles. The monoisotopic (exact) mass is 257 g/mol. The summed E-state index contributed by atoms with van der Waals surface area (Å²) in [6.45, 7) is 2.53. The number of hydrogen-bond acceptors (Lipinski definition) is 3. The van der Waals surface area contributed by atoms with Crippen LogP contribution in [0.25, 0.3) is 0 Å². The Balaban J connectivity index is 2.90. The van der Waals surface area contributed by atoms with Crippen molar-refractivity contribution in [2.45, 2.75) is 12.5 Å². The third kappa shape index (κ3) is 3.43. The first-order valence-electron chi connectivity index (χ1n) is 5.24. The number of benzene rings is 1. The molecule has 1 aromatic carbocycles. The molecule has 17 heavy (non-hydrogen) atoms. The molecule has 0 aliphatic rings. The number of carbonyl (C=O) groups is 1. The molecule has 1 unspecified atom stereocenters. The lowest BCUT2D eigenvalue weighted by molar-refractivity contribution is -0.144. The van der Waals surface area contributed by atoms with Crippen molar-refractivity contribution in [1.29, 1.82) is 0 Å². The quantitative estimate of drug-likeness (QED) is 0.764. The normalized spacial score (nSPS) is 14.3. The summed E-state index contributed by atoms with van der Waals surface area (Å²) in [5.74, 6) is -0.934. The van der Waals surface area contributed by atoms with Gasteiger partial charge in [-0.3, -0.25) is 5.32 Å². The molecule has 0 bridgehead atoms. The average molecular weight is 258 g/mol. The van der Waals surface area contributed by atoms with Gasteiger partial charge in [0.15, 0.2) is 0 Å². The second-order valence-electron chi connectivity index (χ2n) is 3.86. The van der Waals surface area contributed by atoms with Crippen LogP contribution in [0.2, 0.25) is 5.02 Å². The smallest absolute Gasteiger partial charge is 0.328 e. The van der Waals surface area contributed by atoms with Gasteiger partial charge in [0.2, 0.25) is 0 Å². The van der Waals surface area contributed by atoms with Crippen molar-refractivity contribution >= 4 is 17.6 Å². The molecular weight excluding hydrogens is 242 g/mol. The molecule has 0 radical (unpaired) electrons. The van der Waals surface area contributed by atoms with Crippen molar-refractivity contribution in [3.05, 3.63) is 34.9 Å². The average Bonchev–Trinajstić information content (AvgIpc) is 2.29. The van der Waals surface area contributed by atoms with Gasteiger partial charge in [-0.05, 0) is 24.6 Å². The van der Waals surface area contributed by atoms with E-state index in [0.717, 1.165) is 0 Å². The van der Waals surface area contributed by atoms with Crippen LogP contribution in [0.3, 0.4) is 0 Å². The number of carboxylic acids is 1. The van der Waals surface area contributed by atoms with Crippen LogP contribution in [-0.4, -0.2) is 31.3 Å². The molecular formula is C12H16ClNO3. The zero-order valence-corrected chi connectivity index (χ0v) is 10.6. The van der Waals surface area contributed by atoms with Gasteiger partial charge in [0.25, 0.3) is 0 Å². The number of rotatable bonds is 6. The van der Waals surface area contributed by atoms with Crippen LogP contribution in [0.5, 0.6) is 0 Å². The Morgan fingerprint density at radius 1 is 1.47 bits per heavy atom. The van der Waals surface area contributed by atoms with Crippen LogP contribution >= 0.6 is 11.6 Å². The number of halogens is 1. The predicted octanol–water partition coefficient (Wildman–Crippen LogP) is 1.88. The van der Waals surface area contributed by atoms with E-state index in [1.165, 1.54) is 0 Å². The Labute approximate surface area is 106 Å². The summed E-state index contributed by atoms with van der Waals surface area (Å²) >= 11 is 5.78. The second kappa shape index (κ2) is 6.00. The van der Waals surface area contributed by atoms with Crippen molar-refractivity contribution in [2.75, 3.05) is 20.3 Å². The van der Waals surface area contributed by atoms with Crippen molar-refractivity contribution in [1.82, 2.24) is 5.32 Å². The van der Waals surface area contributed by atoms with E-state index in [1.807, 2.05) is 0 Å². The molecule has 0 saturated heterocycles. The summed E-state index contributed by atoms with van der Waals surface area (Å²) in [5.41, 5.74) is -0.478. The van der Waals surface area contributed by atoms with Crippen LogP contribution in [0.15, 0.2) is 24.3 Å². The summed E-state index contributed by atoms with van der Waals surface area (Å²) in [4.78, 5) is 11.4. The van der Waals surface area contributed by atoms with Crippen LogP contribution < -0.4 is 5.32 Å². The van der Waals surface area contributed by atoms with E-state index in [0.29, 0.717) is 23.7 Å². The molecule has 2 N–H and O–H groups in total. The third-order valence-electron chi connectivity index (χ3n) is 2.63. The molecule has 0 spiro atoms. The van der Waals surface area contributed by atoms with Crippen LogP contribution in [0.4, 0.5) is 0 Å². The molecule has 1 atom stereocenters. The van der Waals surface area contributed by atoms with Gasteiger partial charge < -0.3 is 9.84 Å². The lowest BCUT2D eigenvalue weighted by Gasteiger charge is -2.26. The van der Waals surface area contributed by atoms with Crippen molar-refractivity contribution in [3.8, 4) is 0 Å². The van der Waals surface area contributed by atoms with Gasteiger partial charge in [0, 0.05) is 18.7 Å². The van der Waals surface area contributed by atoms with E-state index in [1.54, 1.807) is 38.3 Å². The zero-order valence-electron chi connectivity index (χ0n) is 9.87. The number of hydrogen-bond donors (Lipinski definition) is 2. The highest BCUT2D eigenvalue weighted by molar-refractivity contribution is 6.30. The first-order valence-corrected chi connectivity index (χ1v) is 5.62. The minimum atomic E-state index is -1.14. The first-order chi connectivity index (χ1) is 8.00. The van der Waals surface area contributed by atoms with Crippen molar-refractivity contribution in [2.24, 2.45) is 0 Å². The van der Waals surface area contributed by atoms with E-state index in [-0.39, 0.29) is 0 Å². The summed E-state index contributed by atoms with van der Waals surface area (Å²) in [5, 5.41) is 12.9. The minimum Gasteiger partial charge on any atom is -0.480 e. The Morgan fingerprint density at radius 2 is 2.06 bits per heavy atom. The molecule has 0 fully saturated rings. The van der Waals surface area contributed by atoms with Crippen LogP contribution in [-0.2, 0) is 15.1 Å². The second-order valence-corrected chi connectivity index (χ2v) is 4.29. The van der Waals surface area contributed by atoms with Gasteiger partial charge in [-0.15, -0.1) is 0 Å². The van der Waals surface area contributed by atoms with Gasteiger partial charge in [-0.1, -0.05) is 23.7 Å². The maximum absolute atomic E-state index is 11.4. The van der Waals surface area contributed by atoms with Gasteiger partial charge in [-0.25, -0.2) is 4.79 Å². The van der Waals surface area contributed by atoms with E-state index in [2.05, 4.69) is 5.32 Å². The Hall–Kier alpha value is -1.10. The molecule has 0 aliphatic carbocycles. The highest BCUT2D eigenvalue weighted by Gasteiger charge is 2.34. The van der Waals surface area contributed by atoms with Crippen molar-refractivity contribution < 1.29 is 14.6 Å². The van der Waals surface area contributed by atoms with E-state index >= 15 is 0 Å². The fraction of sp³-hybridized carbons (Fsp3) is 0.417. The first kappa shape index (κ1) is 14.0.